The molecule has 0 spiro atoms. The fraction of sp³-hybridized carbons (Fsp3) is 0.464. The van der Waals surface area contributed by atoms with Crippen molar-refractivity contribution in [1.82, 2.24) is 14.8 Å². The van der Waals surface area contributed by atoms with Crippen LogP contribution < -0.4 is 4.74 Å². The smallest absolute Gasteiger partial charge is 0.262 e. The zero-order chi connectivity index (χ0) is 24.9. The van der Waals surface area contributed by atoms with Gasteiger partial charge in [0.1, 0.15) is 12.3 Å². The minimum Gasteiger partial charge on any atom is -0.497 e. The van der Waals surface area contributed by atoms with Crippen LogP contribution in [0, 0.1) is 5.92 Å². The van der Waals surface area contributed by atoms with Crippen molar-refractivity contribution in [2.24, 2.45) is 11.0 Å². The lowest BCUT2D eigenvalue weighted by Gasteiger charge is -2.31. The summed E-state index contributed by atoms with van der Waals surface area (Å²) in [5, 5.41) is 6.38. The van der Waals surface area contributed by atoms with E-state index in [4.69, 9.17) is 14.6 Å². The summed E-state index contributed by atoms with van der Waals surface area (Å²) in [7, 11) is 1.64. The molecule has 2 heterocycles. The number of morpholine rings is 1. The van der Waals surface area contributed by atoms with Gasteiger partial charge < -0.3 is 14.4 Å². The monoisotopic (exact) mass is 490 g/mol. The average molecular weight is 491 g/mol. The quantitative estimate of drug-likeness (QED) is 0.540. The highest BCUT2D eigenvalue weighted by Gasteiger charge is 2.37. The largest absolute Gasteiger partial charge is 0.497 e. The van der Waals surface area contributed by atoms with Gasteiger partial charge in [-0.15, -0.1) is 0 Å². The molecule has 0 N–H and O–H groups in total. The number of carbonyl (C=O) groups is 2. The maximum absolute atomic E-state index is 13.7. The van der Waals surface area contributed by atoms with Crippen molar-refractivity contribution in [2.75, 3.05) is 53.0 Å². The van der Waals surface area contributed by atoms with Crippen LogP contribution in [0.3, 0.4) is 0 Å². The predicted octanol–water partition coefficient (Wildman–Crippen LogP) is 2.94. The number of hydrogen-bond acceptors (Lipinski definition) is 6. The molecule has 1 saturated carbocycles. The second kappa shape index (κ2) is 11.2. The van der Waals surface area contributed by atoms with Crippen LogP contribution in [0.25, 0.3) is 0 Å². The summed E-state index contributed by atoms with van der Waals surface area (Å²) in [6.45, 7) is 4.48. The van der Waals surface area contributed by atoms with Crippen molar-refractivity contribution in [3.8, 4) is 5.75 Å². The number of rotatable bonds is 9. The van der Waals surface area contributed by atoms with Gasteiger partial charge >= 0.3 is 0 Å². The van der Waals surface area contributed by atoms with Crippen molar-refractivity contribution in [3.63, 3.8) is 0 Å². The highest BCUT2D eigenvalue weighted by molar-refractivity contribution is 6.03. The maximum Gasteiger partial charge on any atom is 0.262 e. The minimum absolute atomic E-state index is 0.0440. The zero-order valence-corrected chi connectivity index (χ0v) is 20.8. The summed E-state index contributed by atoms with van der Waals surface area (Å²) in [6, 6.07) is 17.5. The fourth-order valence-corrected chi connectivity index (χ4v) is 4.81. The number of benzene rings is 2. The van der Waals surface area contributed by atoms with Crippen molar-refractivity contribution in [1.29, 1.82) is 0 Å². The van der Waals surface area contributed by atoms with E-state index in [0.717, 1.165) is 55.1 Å². The Morgan fingerprint density at radius 2 is 1.78 bits per heavy atom. The number of ether oxygens (including phenoxy) is 2. The lowest BCUT2D eigenvalue weighted by molar-refractivity contribution is -0.142. The van der Waals surface area contributed by atoms with E-state index in [1.807, 2.05) is 54.6 Å². The molecule has 3 aliphatic rings. The van der Waals surface area contributed by atoms with Gasteiger partial charge in [0, 0.05) is 38.5 Å². The average Bonchev–Trinajstić information content (AvgIpc) is 3.69. The second-order valence-electron chi connectivity index (χ2n) is 9.63. The van der Waals surface area contributed by atoms with Crippen molar-refractivity contribution in [2.45, 2.75) is 25.3 Å². The summed E-state index contributed by atoms with van der Waals surface area (Å²) in [4.78, 5) is 30.8. The molecule has 2 amide bonds. The molecule has 36 heavy (non-hydrogen) atoms. The van der Waals surface area contributed by atoms with Crippen LogP contribution in [0.2, 0.25) is 0 Å². The summed E-state index contributed by atoms with van der Waals surface area (Å²) < 4.78 is 10.7. The van der Waals surface area contributed by atoms with E-state index in [-0.39, 0.29) is 30.3 Å². The van der Waals surface area contributed by atoms with Crippen LogP contribution in [-0.4, -0.2) is 85.4 Å². The molecule has 0 unspecified atom stereocenters. The van der Waals surface area contributed by atoms with Gasteiger partial charge in [-0.05, 0) is 48.2 Å². The summed E-state index contributed by atoms with van der Waals surface area (Å²) in [5.41, 5.74) is 2.85. The van der Waals surface area contributed by atoms with E-state index >= 15 is 0 Å². The van der Waals surface area contributed by atoms with E-state index in [9.17, 15) is 9.59 Å². The number of methoxy groups -OCH3 is 1. The molecular weight excluding hydrogens is 456 g/mol. The highest BCUT2D eigenvalue weighted by Crippen LogP contribution is 2.34. The Kier molecular flexibility index (Phi) is 7.63. The Balaban J connectivity index is 1.34. The van der Waals surface area contributed by atoms with E-state index in [1.165, 1.54) is 0 Å². The lowest BCUT2D eigenvalue weighted by atomic mass is 9.98. The summed E-state index contributed by atoms with van der Waals surface area (Å²) >= 11 is 0. The van der Waals surface area contributed by atoms with Crippen LogP contribution in [0.4, 0.5) is 0 Å². The lowest BCUT2D eigenvalue weighted by Crippen LogP contribution is -2.47. The molecule has 2 aromatic carbocycles. The molecule has 1 saturated heterocycles. The topological polar surface area (TPSA) is 74.7 Å². The molecule has 190 valence electrons. The number of carbonyl (C=O) groups excluding carboxylic acids is 2. The van der Waals surface area contributed by atoms with Crippen LogP contribution in [0.15, 0.2) is 59.7 Å². The number of hydrazone groups is 1. The Morgan fingerprint density at radius 3 is 2.44 bits per heavy atom. The fourth-order valence-electron chi connectivity index (χ4n) is 4.81. The minimum atomic E-state index is -0.201. The van der Waals surface area contributed by atoms with E-state index in [0.29, 0.717) is 26.2 Å². The molecule has 1 atom stereocenters. The van der Waals surface area contributed by atoms with Gasteiger partial charge in [0.05, 0.1) is 32.1 Å². The third kappa shape index (κ3) is 5.77. The zero-order valence-electron chi connectivity index (χ0n) is 20.8. The molecule has 2 fully saturated rings. The molecule has 2 aliphatic heterocycles. The Hall–Kier alpha value is -3.23. The van der Waals surface area contributed by atoms with Crippen LogP contribution in [0.1, 0.15) is 36.4 Å². The third-order valence-electron chi connectivity index (χ3n) is 7.13. The molecule has 0 aromatic heterocycles. The second-order valence-corrected chi connectivity index (χ2v) is 9.63. The molecule has 0 bridgehead atoms. The molecule has 8 nitrogen and oxygen atoms in total. The standard InChI is InChI=1S/C28H34N4O4/c1-35-24-11-9-21(10-12-24)25-19-26(22-5-3-2-4-6-22)32(29-25)27(33)20-31(28(34)23-7-8-23)14-13-30-15-17-36-18-16-30/h2-6,9-12,23,26H,7-8,13-20H2,1H3/t26-/m0/s1. The van der Waals surface area contributed by atoms with Gasteiger partial charge in [0.25, 0.3) is 5.91 Å². The van der Waals surface area contributed by atoms with E-state index in [2.05, 4.69) is 4.90 Å². The molecule has 2 aromatic rings. The number of nitrogens with zero attached hydrogens (tertiary/aromatic N) is 4. The Labute approximate surface area is 212 Å². The maximum atomic E-state index is 13.7. The van der Waals surface area contributed by atoms with Crippen LogP contribution >= 0.6 is 0 Å². The van der Waals surface area contributed by atoms with Gasteiger partial charge in [0.15, 0.2) is 0 Å². The Bertz CT molecular complexity index is 1080. The first-order chi connectivity index (χ1) is 17.6. The normalized spacial score (nSPS) is 20.2. The van der Waals surface area contributed by atoms with Gasteiger partial charge in [-0.25, -0.2) is 5.01 Å². The molecular formula is C28H34N4O4. The summed E-state index contributed by atoms with van der Waals surface area (Å²) in [6.07, 6.45) is 2.45. The molecule has 5 rings (SSSR count). The molecule has 0 radical (unpaired) electrons. The summed E-state index contributed by atoms with van der Waals surface area (Å²) in [5.74, 6) is 0.776. The first-order valence-electron chi connectivity index (χ1n) is 12.8. The van der Waals surface area contributed by atoms with Gasteiger partial charge in [-0.1, -0.05) is 30.3 Å². The first kappa shape index (κ1) is 24.5. The number of amides is 2. The number of hydrogen-bond donors (Lipinski definition) is 0. The predicted molar refractivity (Wildman–Crippen MR) is 137 cm³/mol. The first-order valence-corrected chi connectivity index (χ1v) is 12.8. The van der Waals surface area contributed by atoms with Crippen molar-refractivity contribution in [3.05, 3.63) is 65.7 Å². The third-order valence-corrected chi connectivity index (χ3v) is 7.13. The van der Waals surface area contributed by atoms with Crippen molar-refractivity contribution < 1.29 is 19.1 Å². The molecule has 1 aliphatic carbocycles. The van der Waals surface area contributed by atoms with Gasteiger partial charge in [-0.2, -0.15) is 5.10 Å². The Morgan fingerprint density at radius 1 is 1.06 bits per heavy atom. The molecule has 8 heteroatoms. The van der Waals surface area contributed by atoms with Gasteiger partial charge in [0.2, 0.25) is 5.91 Å². The van der Waals surface area contributed by atoms with Crippen LogP contribution in [0.5, 0.6) is 5.75 Å². The van der Waals surface area contributed by atoms with Crippen molar-refractivity contribution >= 4 is 17.5 Å². The highest BCUT2D eigenvalue weighted by atomic mass is 16.5. The van der Waals surface area contributed by atoms with E-state index < -0.39 is 0 Å². The van der Waals surface area contributed by atoms with Gasteiger partial charge in [-0.3, -0.25) is 14.5 Å². The SMILES string of the molecule is COc1ccc(C2=NN(C(=O)CN(CCN3CCOCC3)C(=O)C3CC3)[C@H](c3ccccc3)C2)cc1. The van der Waals surface area contributed by atoms with Crippen LogP contribution in [-0.2, 0) is 14.3 Å². The van der Waals surface area contributed by atoms with E-state index in [1.54, 1.807) is 17.0 Å².